The van der Waals surface area contributed by atoms with Crippen molar-refractivity contribution in [3.8, 4) is 0 Å². The van der Waals surface area contributed by atoms with E-state index in [0.29, 0.717) is 31.8 Å². The summed E-state index contributed by atoms with van der Waals surface area (Å²) in [6, 6.07) is 5.10. The van der Waals surface area contributed by atoms with Crippen LogP contribution in [0.1, 0.15) is 24.3 Å². The molecule has 1 aromatic heterocycles. The molecule has 0 spiro atoms. The Balaban J connectivity index is 2.08. The first-order chi connectivity index (χ1) is 9.63. The van der Waals surface area contributed by atoms with Crippen molar-refractivity contribution >= 4 is 21.4 Å². The highest BCUT2D eigenvalue weighted by Crippen LogP contribution is 2.33. The number of halogens is 1. The Morgan fingerprint density at radius 1 is 1.30 bits per heavy atom. The predicted molar refractivity (Wildman–Crippen MR) is 80.4 cm³/mol. The molecule has 0 bridgehead atoms. The van der Waals surface area contributed by atoms with Gasteiger partial charge in [0.05, 0.1) is 25.9 Å². The van der Waals surface area contributed by atoms with Crippen molar-refractivity contribution in [3.63, 3.8) is 0 Å². The van der Waals surface area contributed by atoms with Gasteiger partial charge in [-0.25, -0.2) is 4.39 Å². The molecule has 2 aromatic rings. The van der Waals surface area contributed by atoms with Gasteiger partial charge < -0.3 is 15.2 Å². The minimum absolute atomic E-state index is 0.192. The molecule has 0 radical (unpaired) electrons. The summed E-state index contributed by atoms with van der Waals surface area (Å²) < 4.78 is 25.9. The highest BCUT2D eigenvalue weighted by Gasteiger charge is 2.14. The van der Waals surface area contributed by atoms with Crippen LogP contribution in [0.4, 0.5) is 4.39 Å². The number of fused-ring (bicyclic) bond motifs is 1. The van der Waals surface area contributed by atoms with E-state index in [9.17, 15) is 4.39 Å². The number of rotatable bonds is 7. The van der Waals surface area contributed by atoms with Gasteiger partial charge in [-0.05, 0) is 26.0 Å². The van der Waals surface area contributed by atoms with E-state index in [1.54, 1.807) is 6.07 Å². The van der Waals surface area contributed by atoms with Crippen molar-refractivity contribution in [2.45, 2.75) is 33.1 Å². The SMILES string of the molecule is CC(C)OCCOCc1c(CN)sc2cccc(F)c12. The van der Waals surface area contributed by atoms with Crippen LogP contribution in [0.25, 0.3) is 10.1 Å². The van der Waals surface area contributed by atoms with E-state index in [0.717, 1.165) is 15.1 Å². The molecule has 2 N–H and O–H groups in total. The summed E-state index contributed by atoms with van der Waals surface area (Å²) in [5.74, 6) is -0.213. The predicted octanol–water partition coefficient (Wildman–Crippen LogP) is 3.44. The Hall–Kier alpha value is -1.01. The topological polar surface area (TPSA) is 44.5 Å². The molecule has 0 unspecified atom stereocenters. The van der Waals surface area contributed by atoms with Gasteiger partial charge in [0.2, 0.25) is 0 Å². The molecule has 0 aliphatic rings. The van der Waals surface area contributed by atoms with Gasteiger partial charge >= 0.3 is 0 Å². The first kappa shape index (κ1) is 15.4. The van der Waals surface area contributed by atoms with Crippen molar-refractivity contribution in [1.29, 1.82) is 0 Å². The van der Waals surface area contributed by atoms with Crippen molar-refractivity contribution in [2.75, 3.05) is 13.2 Å². The molecule has 1 heterocycles. The van der Waals surface area contributed by atoms with Gasteiger partial charge in [0.15, 0.2) is 0 Å². The van der Waals surface area contributed by atoms with Crippen molar-refractivity contribution in [1.82, 2.24) is 0 Å². The average molecular weight is 297 g/mol. The Kier molecular flexibility index (Phi) is 5.48. The van der Waals surface area contributed by atoms with E-state index in [-0.39, 0.29) is 11.9 Å². The molecular weight excluding hydrogens is 277 g/mol. The van der Waals surface area contributed by atoms with E-state index < -0.39 is 0 Å². The normalized spacial score (nSPS) is 11.7. The Morgan fingerprint density at radius 2 is 2.10 bits per heavy atom. The molecule has 1 aromatic carbocycles. The second kappa shape index (κ2) is 7.13. The van der Waals surface area contributed by atoms with E-state index in [1.165, 1.54) is 17.4 Å². The fraction of sp³-hybridized carbons (Fsp3) is 0.467. The first-order valence-electron chi connectivity index (χ1n) is 6.71. The number of hydrogen-bond acceptors (Lipinski definition) is 4. The van der Waals surface area contributed by atoms with E-state index in [1.807, 2.05) is 19.9 Å². The van der Waals surface area contributed by atoms with Gasteiger partial charge in [0, 0.05) is 27.1 Å². The third kappa shape index (κ3) is 3.55. The van der Waals surface area contributed by atoms with Crippen molar-refractivity contribution < 1.29 is 13.9 Å². The van der Waals surface area contributed by atoms with Gasteiger partial charge in [-0.3, -0.25) is 0 Å². The van der Waals surface area contributed by atoms with Crippen LogP contribution in [0, 0.1) is 5.82 Å². The number of ether oxygens (including phenoxy) is 2. The summed E-state index contributed by atoms with van der Waals surface area (Å²) in [6.07, 6.45) is 0.192. The van der Waals surface area contributed by atoms with Gasteiger partial charge in [-0.15, -0.1) is 11.3 Å². The molecule has 0 fully saturated rings. The number of hydrogen-bond donors (Lipinski definition) is 1. The minimum atomic E-state index is -0.213. The fourth-order valence-electron chi connectivity index (χ4n) is 2.05. The number of nitrogens with two attached hydrogens (primary N) is 1. The molecule has 3 nitrogen and oxygen atoms in total. The second-order valence-electron chi connectivity index (χ2n) is 4.79. The molecular formula is C15H20FNO2S. The van der Waals surface area contributed by atoms with Crippen LogP contribution in [0.3, 0.4) is 0 Å². The third-order valence-corrected chi connectivity index (χ3v) is 4.18. The molecule has 0 amide bonds. The summed E-state index contributed by atoms with van der Waals surface area (Å²) in [7, 11) is 0. The maximum Gasteiger partial charge on any atom is 0.132 e. The summed E-state index contributed by atoms with van der Waals surface area (Å²) in [6.45, 7) is 5.77. The minimum Gasteiger partial charge on any atom is -0.376 e. The average Bonchev–Trinajstić information content (AvgIpc) is 2.77. The fourth-order valence-corrected chi connectivity index (χ4v) is 3.15. The van der Waals surface area contributed by atoms with Gasteiger partial charge in [0.1, 0.15) is 5.82 Å². The molecule has 0 atom stereocenters. The zero-order chi connectivity index (χ0) is 14.5. The van der Waals surface area contributed by atoms with E-state index in [4.69, 9.17) is 15.2 Å². The Morgan fingerprint density at radius 3 is 2.80 bits per heavy atom. The highest BCUT2D eigenvalue weighted by atomic mass is 32.1. The lowest BCUT2D eigenvalue weighted by atomic mass is 10.1. The van der Waals surface area contributed by atoms with E-state index in [2.05, 4.69) is 0 Å². The monoisotopic (exact) mass is 297 g/mol. The van der Waals surface area contributed by atoms with Crippen LogP contribution >= 0.6 is 11.3 Å². The van der Waals surface area contributed by atoms with Crippen LogP contribution in [0.15, 0.2) is 18.2 Å². The van der Waals surface area contributed by atoms with E-state index >= 15 is 0 Å². The lowest BCUT2D eigenvalue weighted by Gasteiger charge is -2.09. The molecule has 0 aliphatic heterocycles. The number of thiophene rings is 1. The number of benzene rings is 1. The van der Waals surface area contributed by atoms with Gasteiger partial charge in [-0.1, -0.05) is 6.07 Å². The molecule has 0 saturated heterocycles. The lowest BCUT2D eigenvalue weighted by Crippen LogP contribution is -2.10. The summed E-state index contributed by atoms with van der Waals surface area (Å²) in [4.78, 5) is 0.981. The molecule has 20 heavy (non-hydrogen) atoms. The molecule has 5 heteroatoms. The zero-order valence-electron chi connectivity index (χ0n) is 11.8. The summed E-state index contributed by atoms with van der Waals surface area (Å²) in [5.41, 5.74) is 6.61. The van der Waals surface area contributed by atoms with Crippen LogP contribution in [0.2, 0.25) is 0 Å². The Labute approximate surface area is 122 Å². The summed E-state index contributed by atoms with van der Waals surface area (Å²) >= 11 is 1.53. The largest absolute Gasteiger partial charge is 0.376 e. The molecule has 2 rings (SSSR count). The zero-order valence-corrected chi connectivity index (χ0v) is 12.6. The first-order valence-corrected chi connectivity index (χ1v) is 7.53. The van der Waals surface area contributed by atoms with Crippen LogP contribution in [-0.4, -0.2) is 19.3 Å². The summed E-state index contributed by atoms with van der Waals surface area (Å²) in [5, 5.41) is 0.641. The standard InChI is InChI=1S/C15H20FNO2S/c1-10(2)19-7-6-18-9-11-14(8-17)20-13-5-3-4-12(16)15(11)13/h3-5,10H,6-9,17H2,1-2H3. The quantitative estimate of drug-likeness (QED) is 0.796. The lowest BCUT2D eigenvalue weighted by molar-refractivity contribution is 0.0144. The van der Waals surface area contributed by atoms with Crippen molar-refractivity contribution in [3.05, 3.63) is 34.5 Å². The van der Waals surface area contributed by atoms with Gasteiger partial charge in [-0.2, -0.15) is 0 Å². The molecule has 0 saturated carbocycles. The maximum atomic E-state index is 14.0. The maximum absolute atomic E-state index is 14.0. The molecule has 0 aliphatic carbocycles. The molecule has 110 valence electrons. The smallest absolute Gasteiger partial charge is 0.132 e. The highest BCUT2D eigenvalue weighted by molar-refractivity contribution is 7.19. The second-order valence-corrected chi connectivity index (χ2v) is 5.93. The van der Waals surface area contributed by atoms with Gasteiger partial charge in [0.25, 0.3) is 0 Å². The Bertz CT molecular complexity index is 568. The van der Waals surface area contributed by atoms with Crippen LogP contribution in [-0.2, 0) is 22.6 Å². The van der Waals surface area contributed by atoms with Crippen LogP contribution < -0.4 is 5.73 Å². The van der Waals surface area contributed by atoms with Crippen LogP contribution in [0.5, 0.6) is 0 Å². The third-order valence-electron chi connectivity index (χ3n) is 2.96. The van der Waals surface area contributed by atoms with Crippen molar-refractivity contribution in [2.24, 2.45) is 5.73 Å².